The Morgan fingerprint density at radius 3 is 2.72 bits per heavy atom. The normalized spacial score (nSPS) is 23.7. The Bertz CT molecular complexity index is 445. The van der Waals surface area contributed by atoms with Crippen LogP contribution >= 0.6 is 0 Å². The summed E-state index contributed by atoms with van der Waals surface area (Å²) >= 11 is 0. The van der Waals surface area contributed by atoms with Crippen LogP contribution in [0.1, 0.15) is 41.6 Å². The standard InChI is InChI=1S/C14H21N3O/c1-9-6-7-10(14(16)18)13(8-9)17-12-5-3-2-4-11(12)15/h6-8,11-12,17H,2-5,15H2,1H3,(H2,16,18). The van der Waals surface area contributed by atoms with Gasteiger partial charge in [0, 0.05) is 17.8 Å². The van der Waals surface area contributed by atoms with Gasteiger partial charge in [0.15, 0.2) is 0 Å². The number of rotatable bonds is 3. The number of benzene rings is 1. The van der Waals surface area contributed by atoms with Gasteiger partial charge in [0.1, 0.15) is 0 Å². The van der Waals surface area contributed by atoms with Crippen LogP contribution in [0.25, 0.3) is 0 Å². The predicted molar refractivity (Wildman–Crippen MR) is 73.6 cm³/mol. The number of carbonyl (C=O) groups excluding carboxylic acids is 1. The highest BCUT2D eigenvalue weighted by Gasteiger charge is 2.22. The first kappa shape index (κ1) is 12.9. The molecule has 0 heterocycles. The van der Waals surface area contributed by atoms with Gasteiger partial charge in [-0.25, -0.2) is 0 Å². The van der Waals surface area contributed by atoms with Crippen molar-refractivity contribution in [2.24, 2.45) is 11.5 Å². The number of hydrogen-bond acceptors (Lipinski definition) is 3. The predicted octanol–water partition coefficient (Wildman–Crippen LogP) is 1.78. The third-order valence-electron chi connectivity index (χ3n) is 3.60. The average molecular weight is 247 g/mol. The van der Waals surface area contributed by atoms with E-state index in [2.05, 4.69) is 5.32 Å². The topological polar surface area (TPSA) is 81.1 Å². The van der Waals surface area contributed by atoms with Crippen molar-refractivity contribution in [3.05, 3.63) is 29.3 Å². The lowest BCUT2D eigenvalue weighted by atomic mass is 9.90. The average Bonchev–Trinajstić information content (AvgIpc) is 2.32. The molecule has 1 aliphatic rings. The van der Waals surface area contributed by atoms with E-state index in [9.17, 15) is 4.79 Å². The quantitative estimate of drug-likeness (QED) is 0.761. The highest BCUT2D eigenvalue weighted by atomic mass is 16.1. The fourth-order valence-corrected chi connectivity index (χ4v) is 2.53. The van der Waals surface area contributed by atoms with Gasteiger partial charge in [0.2, 0.25) is 0 Å². The Labute approximate surface area is 108 Å². The number of carbonyl (C=O) groups is 1. The molecule has 1 aliphatic carbocycles. The molecule has 4 heteroatoms. The summed E-state index contributed by atoms with van der Waals surface area (Å²) in [5.74, 6) is -0.401. The van der Waals surface area contributed by atoms with Crippen LogP contribution in [0.3, 0.4) is 0 Å². The zero-order valence-corrected chi connectivity index (χ0v) is 10.8. The zero-order valence-electron chi connectivity index (χ0n) is 10.8. The molecule has 1 saturated carbocycles. The monoisotopic (exact) mass is 247 g/mol. The molecule has 1 aromatic rings. The van der Waals surface area contributed by atoms with Crippen molar-refractivity contribution in [1.82, 2.24) is 0 Å². The molecular weight excluding hydrogens is 226 g/mol. The summed E-state index contributed by atoms with van der Waals surface area (Å²) in [6.07, 6.45) is 4.46. The van der Waals surface area contributed by atoms with Gasteiger partial charge in [-0.2, -0.15) is 0 Å². The molecule has 0 aromatic heterocycles. The molecule has 2 atom stereocenters. The Kier molecular flexibility index (Phi) is 3.87. The number of hydrogen-bond donors (Lipinski definition) is 3. The number of nitrogens with one attached hydrogen (secondary N) is 1. The van der Waals surface area contributed by atoms with Gasteiger partial charge >= 0.3 is 0 Å². The van der Waals surface area contributed by atoms with E-state index in [0.29, 0.717) is 5.56 Å². The lowest BCUT2D eigenvalue weighted by Crippen LogP contribution is -2.42. The molecule has 2 rings (SSSR count). The summed E-state index contributed by atoms with van der Waals surface area (Å²) < 4.78 is 0. The number of anilines is 1. The van der Waals surface area contributed by atoms with Crippen LogP contribution in [-0.2, 0) is 0 Å². The molecule has 2 unspecified atom stereocenters. The van der Waals surface area contributed by atoms with E-state index >= 15 is 0 Å². The lowest BCUT2D eigenvalue weighted by molar-refractivity contribution is 0.100. The summed E-state index contributed by atoms with van der Waals surface area (Å²) in [6.45, 7) is 2.00. The zero-order chi connectivity index (χ0) is 13.1. The second-order valence-corrected chi connectivity index (χ2v) is 5.11. The summed E-state index contributed by atoms with van der Waals surface area (Å²) in [6, 6.07) is 6.01. The fourth-order valence-electron chi connectivity index (χ4n) is 2.53. The van der Waals surface area contributed by atoms with Crippen molar-refractivity contribution in [1.29, 1.82) is 0 Å². The molecule has 4 nitrogen and oxygen atoms in total. The minimum atomic E-state index is -0.401. The second-order valence-electron chi connectivity index (χ2n) is 5.11. The van der Waals surface area contributed by atoms with Crippen molar-refractivity contribution in [2.45, 2.75) is 44.7 Å². The molecule has 0 bridgehead atoms. The van der Waals surface area contributed by atoms with E-state index < -0.39 is 5.91 Å². The number of nitrogens with two attached hydrogens (primary N) is 2. The first-order valence-electron chi connectivity index (χ1n) is 6.50. The lowest BCUT2D eigenvalue weighted by Gasteiger charge is -2.30. The maximum absolute atomic E-state index is 11.4. The molecule has 0 radical (unpaired) electrons. The van der Waals surface area contributed by atoms with Crippen LogP contribution in [0.15, 0.2) is 18.2 Å². The second kappa shape index (κ2) is 5.40. The molecule has 0 spiro atoms. The molecule has 1 amide bonds. The Hall–Kier alpha value is -1.55. The minimum Gasteiger partial charge on any atom is -0.380 e. The molecular formula is C14H21N3O. The van der Waals surface area contributed by atoms with Gasteiger partial charge in [0.25, 0.3) is 5.91 Å². The van der Waals surface area contributed by atoms with Gasteiger partial charge in [-0.3, -0.25) is 4.79 Å². The minimum absolute atomic E-state index is 0.153. The third kappa shape index (κ3) is 2.82. The molecule has 1 aromatic carbocycles. The van der Waals surface area contributed by atoms with Crippen LogP contribution in [0.2, 0.25) is 0 Å². The summed E-state index contributed by atoms with van der Waals surface area (Å²) in [5.41, 5.74) is 14.0. The van der Waals surface area contributed by atoms with E-state index in [0.717, 1.165) is 24.1 Å². The summed E-state index contributed by atoms with van der Waals surface area (Å²) in [4.78, 5) is 11.4. The van der Waals surface area contributed by atoms with E-state index in [1.54, 1.807) is 6.07 Å². The van der Waals surface area contributed by atoms with E-state index in [1.807, 2.05) is 19.1 Å². The van der Waals surface area contributed by atoms with Gasteiger partial charge in [-0.1, -0.05) is 18.9 Å². The molecule has 1 fully saturated rings. The van der Waals surface area contributed by atoms with Gasteiger partial charge in [-0.15, -0.1) is 0 Å². The van der Waals surface area contributed by atoms with Crippen LogP contribution < -0.4 is 16.8 Å². The van der Waals surface area contributed by atoms with E-state index in [4.69, 9.17) is 11.5 Å². The van der Waals surface area contributed by atoms with E-state index in [-0.39, 0.29) is 12.1 Å². The van der Waals surface area contributed by atoms with Crippen LogP contribution in [0.4, 0.5) is 5.69 Å². The molecule has 98 valence electrons. The third-order valence-corrected chi connectivity index (χ3v) is 3.60. The van der Waals surface area contributed by atoms with Crippen molar-refractivity contribution < 1.29 is 4.79 Å². The molecule has 0 aliphatic heterocycles. The summed E-state index contributed by atoms with van der Waals surface area (Å²) in [7, 11) is 0. The molecule has 18 heavy (non-hydrogen) atoms. The van der Waals surface area contributed by atoms with Crippen LogP contribution in [0, 0.1) is 6.92 Å². The smallest absolute Gasteiger partial charge is 0.250 e. The Balaban J connectivity index is 2.21. The Morgan fingerprint density at radius 1 is 1.33 bits per heavy atom. The molecule has 0 saturated heterocycles. The number of aryl methyl sites for hydroxylation is 1. The Morgan fingerprint density at radius 2 is 2.06 bits per heavy atom. The number of amides is 1. The van der Waals surface area contributed by atoms with Gasteiger partial charge in [0.05, 0.1) is 5.56 Å². The van der Waals surface area contributed by atoms with Crippen molar-refractivity contribution >= 4 is 11.6 Å². The van der Waals surface area contributed by atoms with Crippen molar-refractivity contribution in [2.75, 3.05) is 5.32 Å². The van der Waals surface area contributed by atoms with E-state index in [1.165, 1.54) is 12.8 Å². The maximum atomic E-state index is 11.4. The van der Waals surface area contributed by atoms with Gasteiger partial charge in [-0.05, 0) is 37.5 Å². The van der Waals surface area contributed by atoms with Gasteiger partial charge < -0.3 is 16.8 Å². The highest BCUT2D eigenvalue weighted by Crippen LogP contribution is 2.24. The largest absolute Gasteiger partial charge is 0.380 e. The van der Waals surface area contributed by atoms with Crippen molar-refractivity contribution in [3.63, 3.8) is 0 Å². The highest BCUT2D eigenvalue weighted by molar-refractivity contribution is 5.98. The van der Waals surface area contributed by atoms with Crippen molar-refractivity contribution in [3.8, 4) is 0 Å². The summed E-state index contributed by atoms with van der Waals surface area (Å²) in [5, 5.41) is 3.40. The number of primary amides is 1. The molecule has 5 N–H and O–H groups in total. The maximum Gasteiger partial charge on any atom is 0.250 e. The van der Waals surface area contributed by atoms with Crippen LogP contribution in [0.5, 0.6) is 0 Å². The fraction of sp³-hybridized carbons (Fsp3) is 0.500. The SMILES string of the molecule is Cc1ccc(C(N)=O)c(NC2CCCCC2N)c1. The van der Waals surface area contributed by atoms with Crippen LogP contribution in [-0.4, -0.2) is 18.0 Å². The first-order valence-corrected chi connectivity index (χ1v) is 6.50. The first-order chi connectivity index (χ1) is 8.58.